The van der Waals surface area contributed by atoms with Crippen molar-refractivity contribution in [3.05, 3.63) is 54.6 Å². The summed E-state index contributed by atoms with van der Waals surface area (Å²) in [5.41, 5.74) is 2.26. The molecule has 0 saturated heterocycles. The summed E-state index contributed by atoms with van der Waals surface area (Å²) in [5, 5.41) is 2.80. The normalized spacial score (nSPS) is 13.6. The van der Waals surface area contributed by atoms with Crippen molar-refractivity contribution in [1.82, 2.24) is 9.55 Å². The van der Waals surface area contributed by atoms with E-state index in [1.165, 1.54) is 22.2 Å². The molecule has 0 spiro atoms. The molecule has 1 aromatic carbocycles. The quantitative estimate of drug-likeness (QED) is 0.457. The Balaban J connectivity index is 1.70. The molecule has 2 heterocycles. The van der Waals surface area contributed by atoms with Crippen molar-refractivity contribution in [2.24, 2.45) is 7.05 Å². The molecule has 0 N–H and O–H groups in total. The monoisotopic (exact) mass is 396 g/mol. The molecule has 0 bridgehead atoms. The molecule has 3 aromatic rings. The Hall–Kier alpha value is -1.01. The Morgan fingerprint density at radius 1 is 1.33 bits per heavy atom. The number of hydrogen-bond donors (Lipinski definition) is 0. The standard InChI is InChI=1S/C17H14Cl2N2OS2/c1-21-16(22)14-11-3-2-4-13(11)24-15(14)20-17(21)23-8-9-5-6-10(18)7-12(9)19/h5-7H,2-4,8H2,1H3. The molecule has 7 heteroatoms. The average molecular weight is 397 g/mol. The van der Waals surface area contributed by atoms with Gasteiger partial charge in [-0.05, 0) is 42.5 Å². The predicted octanol–water partition coefficient (Wildman–Crippen LogP) is 5.08. The van der Waals surface area contributed by atoms with E-state index in [0.29, 0.717) is 15.8 Å². The number of thioether (sulfide) groups is 1. The van der Waals surface area contributed by atoms with Crippen molar-refractivity contribution < 1.29 is 0 Å². The largest absolute Gasteiger partial charge is 0.290 e. The lowest BCUT2D eigenvalue weighted by atomic mass is 10.2. The Labute approximate surface area is 157 Å². The summed E-state index contributed by atoms with van der Waals surface area (Å²) in [4.78, 5) is 19.7. The van der Waals surface area contributed by atoms with Crippen LogP contribution in [-0.2, 0) is 25.6 Å². The van der Waals surface area contributed by atoms with Crippen LogP contribution in [0.15, 0.2) is 28.2 Å². The molecule has 0 aliphatic heterocycles. The number of benzene rings is 1. The highest BCUT2D eigenvalue weighted by Crippen LogP contribution is 2.36. The number of nitrogens with zero attached hydrogens (tertiary/aromatic N) is 2. The first-order valence-corrected chi connectivity index (χ1v) is 10.2. The summed E-state index contributed by atoms with van der Waals surface area (Å²) in [6.45, 7) is 0. The van der Waals surface area contributed by atoms with E-state index in [2.05, 4.69) is 0 Å². The zero-order valence-corrected chi connectivity index (χ0v) is 16.1. The summed E-state index contributed by atoms with van der Waals surface area (Å²) < 4.78 is 1.65. The fourth-order valence-electron chi connectivity index (χ4n) is 3.02. The summed E-state index contributed by atoms with van der Waals surface area (Å²) >= 11 is 15.4. The highest BCUT2D eigenvalue weighted by Gasteiger charge is 2.22. The van der Waals surface area contributed by atoms with Crippen molar-refractivity contribution in [3.63, 3.8) is 0 Å². The first-order valence-electron chi connectivity index (χ1n) is 7.62. The maximum absolute atomic E-state index is 12.8. The number of fused-ring (bicyclic) bond motifs is 3. The Kier molecular flexibility index (Phi) is 4.37. The van der Waals surface area contributed by atoms with Crippen molar-refractivity contribution in [2.75, 3.05) is 0 Å². The number of hydrogen-bond acceptors (Lipinski definition) is 4. The van der Waals surface area contributed by atoms with E-state index in [0.717, 1.165) is 40.2 Å². The third kappa shape index (κ3) is 2.77. The highest BCUT2D eigenvalue weighted by atomic mass is 35.5. The second kappa shape index (κ2) is 6.37. The Bertz CT molecular complexity index is 1010. The zero-order valence-electron chi connectivity index (χ0n) is 12.9. The summed E-state index contributed by atoms with van der Waals surface area (Å²) in [6.07, 6.45) is 3.22. The van der Waals surface area contributed by atoms with Gasteiger partial charge in [-0.2, -0.15) is 0 Å². The number of aryl methyl sites for hydroxylation is 2. The Morgan fingerprint density at radius 3 is 2.96 bits per heavy atom. The van der Waals surface area contributed by atoms with Crippen LogP contribution in [0.25, 0.3) is 10.2 Å². The van der Waals surface area contributed by atoms with Crippen molar-refractivity contribution in [3.8, 4) is 0 Å². The predicted molar refractivity (Wildman–Crippen MR) is 103 cm³/mol. The fraction of sp³-hybridized carbons (Fsp3) is 0.294. The fourth-order valence-corrected chi connectivity index (χ4v) is 5.85. The minimum absolute atomic E-state index is 0.0594. The molecule has 2 aromatic heterocycles. The van der Waals surface area contributed by atoms with Crippen LogP contribution in [0.4, 0.5) is 0 Å². The molecular formula is C17H14Cl2N2OS2. The molecule has 0 saturated carbocycles. The van der Waals surface area contributed by atoms with Gasteiger partial charge in [0.15, 0.2) is 5.16 Å². The SMILES string of the molecule is Cn1c(SCc2ccc(Cl)cc2Cl)nc2sc3c(c2c1=O)CCC3. The lowest BCUT2D eigenvalue weighted by molar-refractivity contribution is 0.727. The molecule has 1 aliphatic rings. The molecule has 1 aliphatic carbocycles. The first kappa shape index (κ1) is 16.5. The zero-order chi connectivity index (χ0) is 16.8. The minimum atomic E-state index is 0.0594. The van der Waals surface area contributed by atoms with Crippen LogP contribution >= 0.6 is 46.3 Å². The molecule has 0 fully saturated rings. The second-order valence-corrected chi connectivity index (χ2v) is 8.69. The van der Waals surface area contributed by atoms with Gasteiger partial charge in [0, 0.05) is 27.7 Å². The lowest BCUT2D eigenvalue weighted by Crippen LogP contribution is -2.20. The summed E-state index contributed by atoms with van der Waals surface area (Å²) in [5.74, 6) is 0.646. The molecule has 0 atom stereocenters. The molecule has 124 valence electrons. The van der Waals surface area contributed by atoms with Crippen LogP contribution < -0.4 is 5.56 Å². The summed E-state index contributed by atoms with van der Waals surface area (Å²) in [6, 6.07) is 5.47. The molecular weight excluding hydrogens is 383 g/mol. The van der Waals surface area contributed by atoms with E-state index in [1.807, 2.05) is 12.1 Å². The van der Waals surface area contributed by atoms with Gasteiger partial charge in [0.2, 0.25) is 0 Å². The number of thiophene rings is 1. The van der Waals surface area contributed by atoms with E-state index >= 15 is 0 Å². The third-order valence-electron chi connectivity index (χ3n) is 4.28. The van der Waals surface area contributed by atoms with Crippen molar-refractivity contribution in [2.45, 2.75) is 30.2 Å². The maximum Gasteiger partial charge on any atom is 0.262 e. The Morgan fingerprint density at radius 2 is 2.17 bits per heavy atom. The van der Waals surface area contributed by atoms with Gasteiger partial charge in [-0.25, -0.2) is 4.98 Å². The number of rotatable bonds is 3. The minimum Gasteiger partial charge on any atom is -0.290 e. The van der Waals surface area contributed by atoms with Gasteiger partial charge < -0.3 is 0 Å². The van der Waals surface area contributed by atoms with Crippen LogP contribution in [0, 0.1) is 0 Å². The van der Waals surface area contributed by atoms with Gasteiger partial charge in [-0.15, -0.1) is 11.3 Å². The van der Waals surface area contributed by atoms with E-state index in [9.17, 15) is 4.79 Å². The van der Waals surface area contributed by atoms with E-state index in [-0.39, 0.29) is 5.56 Å². The third-order valence-corrected chi connectivity index (χ3v) is 7.13. The maximum atomic E-state index is 12.8. The van der Waals surface area contributed by atoms with Crippen molar-refractivity contribution in [1.29, 1.82) is 0 Å². The van der Waals surface area contributed by atoms with E-state index in [1.54, 1.807) is 29.0 Å². The second-order valence-electron chi connectivity index (χ2n) is 5.82. The van der Waals surface area contributed by atoms with Crippen LogP contribution in [0.5, 0.6) is 0 Å². The van der Waals surface area contributed by atoms with Gasteiger partial charge in [0.05, 0.1) is 5.39 Å². The van der Waals surface area contributed by atoms with Crippen molar-refractivity contribution >= 4 is 56.5 Å². The highest BCUT2D eigenvalue weighted by molar-refractivity contribution is 7.98. The van der Waals surface area contributed by atoms with Gasteiger partial charge >= 0.3 is 0 Å². The van der Waals surface area contributed by atoms with Gasteiger partial charge in [0.1, 0.15) is 4.83 Å². The number of aromatic nitrogens is 2. The van der Waals surface area contributed by atoms with Crippen LogP contribution in [0.1, 0.15) is 22.4 Å². The molecule has 3 nitrogen and oxygen atoms in total. The first-order chi connectivity index (χ1) is 11.5. The molecule has 24 heavy (non-hydrogen) atoms. The topological polar surface area (TPSA) is 34.9 Å². The molecule has 0 amide bonds. The van der Waals surface area contributed by atoms with Gasteiger partial charge in [0.25, 0.3) is 5.56 Å². The average Bonchev–Trinajstić information content (AvgIpc) is 3.11. The number of halogens is 2. The van der Waals surface area contributed by atoms with Gasteiger partial charge in [-0.1, -0.05) is 41.0 Å². The van der Waals surface area contributed by atoms with E-state index < -0.39 is 0 Å². The van der Waals surface area contributed by atoms with E-state index in [4.69, 9.17) is 28.2 Å². The lowest BCUT2D eigenvalue weighted by Gasteiger charge is -2.08. The molecule has 0 radical (unpaired) electrons. The molecule has 0 unspecified atom stereocenters. The molecule has 4 rings (SSSR count). The van der Waals surface area contributed by atoms with Crippen LogP contribution in [-0.4, -0.2) is 9.55 Å². The van der Waals surface area contributed by atoms with Crippen LogP contribution in [0.3, 0.4) is 0 Å². The smallest absolute Gasteiger partial charge is 0.262 e. The van der Waals surface area contributed by atoms with Crippen LogP contribution in [0.2, 0.25) is 10.0 Å². The summed E-state index contributed by atoms with van der Waals surface area (Å²) in [7, 11) is 1.79. The van der Waals surface area contributed by atoms with Gasteiger partial charge in [-0.3, -0.25) is 9.36 Å².